The summed E-state index contributed by atoms with van der Waals surface area (Å²) < 4.78 is 2.30. The summed E-state index contributed by atoms with van der Waals surface area (Å²) in [4.78, 5) is 4.39. The average molecular weight is 355 g/mol. The van der Waals surface area contributed by atoms with E-state index in [1.165, 1.54) is 11.1 Å². The third-order valence-electron chi connectivity index (χ3n) is 3.70. The van der Waals surface area contributed by atoms with E-state index < -0.39 is 0 Å². The summed E-state index contributed by atoms with van der Waals surface area (Å²) in [6.07, 6.45) is 4.06. The molecule has 0 unspecified atom stereocenters. The number of aryl methyl sites for hydroxylation is 2. The van der Waals surface area contributed by atoms with E-state index in [0.29, 0.717) is 0 Å². The topological polar surface area (TPSA) is 16.8 Å². The highest BCUT2D eigenvalue weighted by Crippen LogP contribution is 2.21. The standard InChI is InChI=1S/C19H19N2.BrH/c1-15-14-21(16(2)13-20-15)19(17-9-5-3-6-10-17)18-11-7-4-8-12-18;/h3-14,19H,1-2H3;1H/q+1;/p-1. The molecule has 3 rings (SSSR count). The van der Waals surface area contributed by atoms with E-state index in [9.17, 15) is 0 Å². The summed E-state index contributed by atoms with van der Waals surface area (Å²) in [5.74, 6) is 0. The van der Waals surface area contributed by atoms with Gasteiger partial charge in [0.1, 0.15) is 5.69 Å². The minimum Gasteiger partial charge on any atom is -1.00 e. The Kier molecular flexibility index (Phi) is 5.45. The molecule has 22 heavy (non-hydrogen) atoms. The highest BCUT2D eigenvalue weighted by molar-refractivity contribution is 5.29. The molecule has 0 bridgehead atoms. The van der Waals surface area contributed by atoms with Gasteiger partial charge in [-0.25, -0.2) is 4.98 Å². The number of benzene rings is 2. The summed E-state index contributed by atoms with van der Waals surface area (Å²) in [5, 5.41) is 0. The first-order valence-corrected chi connectivity index (χ1v) is 7.20. The number of hydrogen-bond acceptors (Lipinski definition) is 1. The van der Waals surface area contributed by atoms with Crippen molar-refractivity contribution in [2.75, 3.05) is 0 Å². The molecule has 0 radical (unpaired) electrons. The van der Waals surface area contributed by atoms with Crippen LogP contribution in [0.5, 0.6) is 0 Å². The number of halogens is 1. The molecule has 0 N–H and O–H groups in total. The molecule has 0 aliphatic carbocycles. The zero-order valence-electron chi connectivity index (χ0n) is 12.8. The quantitative estimate of drug-likeness (QED) is 0.630. The summed E-state index contributed by atoms with van der Waals surface area (Å²) in [6, 6.07) is 21.4. The zero-order chi connectivity index (χ0) is 14.7. The Hall–Kier alpha value is -2.00. The van der Waals surface area contributed by atoms with Gasteiger partial charge in [0.05, 0.1) is 6.20 Å². The predicted octanol–water partition coefficient (Wildman–Crippen LogP) is 0.628. The molecule has 0 saturated carbocycles. The van der Waals surface area contributed by atoms with Crippen molar-refractivity contribution in [1.29, 1.82) is 0 Å². The highest BCUT2D eigenvalue weighted by Gasteiger charge is 2.25. The zero-order valence-corrected chi connectivity index (χ0v) is 14.4. The monoisotopic (exact) mass is 354 g/mol. The van der Waals surface area contributed by atoms with Gasteiger partial charge >= 0.3 is 0 Å². The normalized spacial score (nSPS) is 10.3. The molecule has 0 aliphatic rings. The van der Waals surface area contributed by atoms with Crippen molar-refractivity contribution in [2.45, 2.75) is 19.9 Å². The van der Waals surface area contributed by atoms with Gasteiger partial charge in [-0.2, -0.15) is 4.57 Å². The van der Waals surface area contributed by atoms with E-state index in [1.54, 1.807) is 0 Å². The molecule has 0 atom stereocenters. The Labute approximate surface area is 142 Å². The van der Waals surface area contributed by atoms with Gasteiger partial charge in [0.25, 0.3) is 0 Å². The fraction of sp³-hybridized carbons (Fsp3) is 0.158. The van der Waals surface area contributed by atoms with Crippen LogP contribution in [0.1, 0.15) is 28.6 Å². The lowest BCUT2D eigenvalue weighted by Gasteiger charge is -2.15. The van der Waals surface area contributed by atoms with E-state index in [4.69, 9.17) is 0 Å². The molecule has 3 heteroatoms. The van der Waals surface area contributed by atoms with Crippen LogP contribution in [0.3, 0.4) is 0 Å². The second-order valence-electron chi connectivity index (χ2n) is 5.30. The number of aromatic nitrogens is 2. The van der Waals surface area contributed by atoms with Gasteiger partial charge in [0.15, 0.2) is 11.9 Å². The molecule has 2 nitrogen and oxygen atoms in total. The molecule has 0 spiro atoms. The second kappa shape index (κ2) is 7.32. The molecule has 0 amide bonds. The summed E-state index contributed by atoms with van der Waals surface area (Å²) in [6.45, 7) is 4.13. The van der Waals surface area contributed by atoms with Crippen LogP contribution in [0.2, 0.25) is 0 Å². The maximum Gasteiger partial charge on any atom is 0.209 e. The lowest BCUT2D eigenvalue weighted by Crippen LogP contribution is -3.00. The van der Waals surface area contributed by atoms with Crippen molar-refractivity contribution in [3.63, 3.8) is 0 Å². The van der Waals surface area contributed by atoms with Gasteiger partial charge < -0.3 is 17.0 Å². The molecule has 0 fully saturated rings. The van der Waals surface area contributed by atoms with Crippen LogP contribution in [0, 0.1) is 13.8 Å². The summed E-state index contributed by atoms with van der Waals surface area (Å²) >= 11 is 0. The van der Waals surface area contributed by atoms with Crippen LogP contribution < -0.4 is 21.5 Å². The van der Waals surface area contributed by atoms with Gasteiger partial charge in [-0.3, -0.25) is 0 Å². The smallest absolute Gasteiger partial charge is 0.209 e. The van der Waals surface area contributed by atoms with Crippen molar-refractivity contribution in [3.05, 3.63) is 95.6 Å². The van der Waals surface area contributed by atoms with Crippen LogP contribution >= 0.6 is 0 Å². The minimum absolute atomic E-state index is 0. The first-order valence-electron chi connectivity index (χ1n) is 7.20. The summed E-state index contributed by atoms with van der Waals surface area (Å²) in [7, 11) is 0. The van der Waals surface area contributed by atoms with E-state index >= 15 is 0 Å². The molecule has 3 aromatic rings. The van der Waals surface area contributed by atoms with Crippen molar-refractivity contribution in [3.8, 4) is 0 Å². The number of nitrogens with zero attached hydrogens (tertiary/aromatic N) is 2. The molecule has 112 valence electrons. The van der Waals surface area contributed by atoms with Crippen LogP contribution in [0.25, 0.3) is 0 Å². The SMILES string of the molecule is Cc1c[n+](C(c2ccccc2)c2ccccc2)c(C)cn1.[Br-]. The van der Waals surface area contributed by atoms with Gasteiger partial charge in [-0.15, -0.1) is 0 Å². The molecular formula is C19H19BrN2. The largest absolute Gasteiger partial charge is 1.00 e. The minimum atomic E-state index is 0. The third kappa shape index (κ3) is 3.42. The number of rotatable bonds is 3. The molecule has 2 aromatic carbocycles. The van der Waals surface area contributed by atoms with Crippen LogP contribution in [0.15, 0.2) is 73.1 Å². The maximum atomic E-state index is 4.39. The molecular weight excluding hydrogens is 336 g/mol. The summed E-state index contributed by atoms with van der Waals surface area (Å²) in [5.41, 5.74) is 4.74. The Morgan fingerprint density at radius 2 is 1.32 bits per heavy atom. The molecule has 1 aromatic heterocycles. The lowest BCUT2D eigenvalue weighted by atomic mass is 9.98. The van der Waals surface area contributed by atoms with Gasteiger partial charge in [-0.05, 0) is 6.92 Å². The van der Waals surface area contributed by atoms with Crippen LogP contribution in [-0.2, 0) is 0 Å². The van der Waals surface area contributed by atoms with Gasteiger partial charge in [0.2, 0.25) is 6.04 Å². The van der Waals surface area contributed by atoms with Crippen molar-refractivity contribution < 1.29 is 21.5 Å². The van der Waals surface area contributed by atoms with Crippen LogP contribution in [0.4, 0.5) is 0 Å². The van der Waals surface area contributed by atoms with Gasteiger partial charge in [0, 0.05) is 18.1 Å². The van der Waals surface area contributed by atoms with Crippen molar-refractivity contribution in [1.82, 2.24) is 4.98 Å². The lowest BCUT2D eigenvalue weighted by molar-refractivity contribution is -0.711. The second-order valence-corrected chi connectivity index (χ2v) is 5.30. The van der Waals surface area contributed by atoms with Crippen molar-refractivity contribution in [2.24, 2.45) is 0 Å². The Balaban J connectivity index is 0.00000176. The van der Waals surface area contributed by atoms with Gasteiger partial charge in [-0.1, -0.05) is 60.7 Å². The predicted molar refractivity (Wildman–Crippen MR) is 84.0 cm³/mol. The van der Waals surface area contributed by atoms with Crippen LogP contribution in [-0.4, -0.2) is 4.98 Å². The molecule has 0 aliphatic heterocycles. The van der Waals surface area contributed by atoms with E-state index in [0.717, 1.165) is 11.4 Å². The molecule has 1 heterocycles. The Bertz CT molecular complexity index is 687. The first-order chi connectivity index (χ1) is 10.3. The third-order valence-corrected chi connectivity index (χ3v) is 3.70. The fourth-order valence-electron chi connectivity index (χ4n) is 2.66. The Morgan fingerprint density at radius 3 is 1.82 bits per heavy atom. The Morgan fingerprint density at radius 1 is 0.818 bits per heavy atom. The van der Waals surface area contributed by atoms with Crippen molar-refractivity contribution >= 4 is 0 Å². The molecule has 0 saturated heterocycles. The fourth-order valence-corrected chi connectivity index (χ4v) is 2.66. The van der Waals surface area contributed by atoms with E-state index in [1.807, 2.05) is 13.1 Å². The van der Waals surface area contributed by atoms with E-state index in [2.05, 4.69) is 83.3 Å². The average Bonchev–Trinajstić information content (AvgIpc) is 2.53. The van der Waals surface area contributed by atoms with E-state index in [-0.39, 0.29) is 23.0 Å². The first kappa shape index (κ1) is 16.4. The maximum absolute atomic E-state index is 4.39. The highest BCUT2D eigenvalue weighted by atomic mass is 79.9. The number of hydrogen-bond donors (Lipinski definition) is 0.